The lowest BCUT2D eigenvalue weighted by molar-refractivity contribution is -0.129. The molecule has 0 saturated carbocycles. The SMILES string of the molecule is CC(=O)N1CCC[C@@H]1c1nc2ccccc2n1CCCCOc1cccc(C)c1. The van der Waals surface area contributed by atoms with Gasteiger partial charge in [-0.15, -0.1) is 0 Å². The molecule has 0 spiro atoms. The number of benzene rings is 2. The second-order valence-electron chi connectivity index (χ2n) is 7.85. The lowest BCUT2D eigenvalue weighted by atomic mass is 10.2. The summed E-state index contributed by atoms with van der Waals surface area (Å²) < 4.78 is 8.21. The van der Waals surface area contributed by atoms with Gasteiger partial charge >= 0.3 is 0 Å². The van der Waals surface area contributed by atoms with Crippen LogP contribution in [0.25, 0.3) is 11.0 Å². The van der Waals surface area contributed by atoms with Gasteiger partial charge in [0, 0.05) is 20.0 Å². The van der Waals surface area contributed by atoms with Crippen LogP contribution in [0.5, 0.6) is 5.75 Å². The summed E-state index contributed by atoms with van der Waals surface area (Å²) in [6.45, 7) is 6.15. The third-order valence-corrected chi connectivity index (χ3v) is 5.67. The van der Waals surface area contributed by atoms with Crippen molar-refractivity contribution in [2.45, 2.75) is 52.1 Å². The number of likely N-dealkylation sites (tertiary alicyclic amines) is 1. The van der Waals surface area contributed by atoms with Gasteiger partial charge < -0.3 is 14.2 Å². The number of rotatable bonds is 7. The molecule has 1 aromatic heterocycles. The molecule has 5 nitrogen and oxygen atoms in total. The number of imidazole rings is 1. The Labute approximate surface area is 172 Å². The molecule has 1 amide bonds. The fourth-order valence-corrected chi connectivity index (χ4v) is 4.26. The molecule has 1 aliphatic heterocycles. The van der Waals surface area contributed by atoms with Crippen molar-refractivity contribution in [2.24, 2.45) is 0 Å². The van der Waals surface area contributed by atoms with E-state index in [2.05, 4.69) is 41.8 Å². The third-order valence-electron chi connectivity index (χ3n) is 5.67. The molecule has 152 valence electrons. The number of unbranched alkanes of at least 4 members (excludes halogenated alkanes) is 1. The van der Waals surface area contributed by atoms with Crippen LogP contribution in [-0.2, 0) is 11.3 Å². The minimum Gasteiger partial charge on any atom is -0.494 e. The van der Waals surface area contributed by atoms with Gasteiger partial charge in [-0.3, -0.25) is 4.79 Å². The minimum absolute atomic E-state index is 0.0865. The van der Waals surface area contributed by atoms with Gasteiger partial charge in [-0.2, -0.15) is 0 Å². The largest absolute Gasteiger partial charge is 0.494 e. The van der Waals surface area contributed by atoms with Crippen molar-refractivity contribution in [3.8, 4) is 5.75 Å². The van der Waals surface area contributed by atoms with Crippen molar-refractivity contribution in [3.05, 3.63) is 59.9 Å². The zero-order valence-corrected chi connectivity index (χ0v) is 17.3. The normalized spacial score (nSPS) is 16.5. The van der Waals surface area contributed by atoms with E-state index in [-0.39, 0.29) is 11.9 Å². The molecule has 0 bridgehead atoms. The lowest BCUT2D eigenvalue weighted by Crippen LogP contribution is -2.30. The molecule has 29 heavy (non-hydrogen) atoms. The van der Waals surface area contributed by atoms with Crippen LogP contribution < -0.4 is 4.74 Å². The second kappa shape index (κ2) is 8.68. The topological polar surface area (TPSA) is 47.4 Å². The van der Waals surface area contributed by atoms with Gasteiger partial charge in [-0.1, -0.05) is 24.3 Å². The van der Waals surface area contributed by atoms with Crippen molar-refractivity contribution in [1.29, 1.82) is 0 Å². The second-order valence-corrected chi connectivity index (χ2v) is 7.85. The molecule has 5 heteroatoms. The Kier molecular flexibility index (Phi) is 5.84. The first-order chi connectivity index (χ1) is 14.1. The fraction of sp³-hybridized carbons (Fsp3) is 0.417. The summed E-state index contributed by atoms with van der Waals surface area (Å²) in [5.74, 6) is 2.10. The van der Waals surface area contributed by atoms with E-state index < -0.39 is 0 Å². The van der Waals surface area contributed by atoms with Gasteiger partial charge in [0.15, 0.2) is 0 Å². The molecule has 1 aliphatic rings. The van der Waals surface area contributed by atoms with Gasteiger partial charge in [-0.05, 0) is 62.4 Å². The zero-order valence-electron chi connectivity index (χ0n) is 17.3. The molecule has 1 atom stereocenters. The van der Waals surface area contributed by atoms with Crippen molar-refractivity contribution >= 4 is 16.9 Å². The van der Waals surface area contributed by atoms with Crippen LogP contribution in [0.15, 0.2) is 48.5 Å². The standard InChI is InChI=1S/C24H29N3O2/c1-18-9-7-10-20(17-18)29-16-6-5-14-27-22-12-4-3-11-21(22)25-24(27)23-13-8-15-26(23)19(2)28/h3-4,7,9-12,17,23H,5-6,8,13-16H2,1-2H3/t23-/m1/s1. The number of para-hydroxylation sites is 2. The van der Waals surface area contributed by atoms with Crippen LogP contribution >= 0.6 is 0 Å². The van der Waals surface area contributed by atoms with Crippen molar-refractivity contribution < 1.29 is 9.53 Å². The van der Waals surface area contributed by atoms with Crippen LogP contribution in [0.1, 0.15) is 50.0 Å². The highest BCUT2D eigenvalue weighted by atomic mass is 16.5. The quantitative estimate of drug-likeness (QED) is 0.539. The van der Waals surface area contributed by atoms with Gasteiger partial charge in [0.1, 0.15) is 11.6 Å². The highest BCUT2D eigenvalue weighted by Crippen LogP contribution is 2.33. The average Bonchev–Trinajstić information content (AvgIpc) is 3.32. The molecule has 0 radical (unpaired) electrons. The first kappa shape index (κ1) is 19.5. The van der Waals surface area contributed by atoms with Crippen molar-refractivity contribution in [2.75, 3.05) is 13.2 Å². The predicted molar refractivity (Wildman–Crippen MR) is 115 cm³/mol. The molecule has 1 fully saturated rings. The predicted octanol–water partition coefficient (Wildman–Crippen LogP) is 4.89. The molecule has 0 aliphatic carbocycles. The number of ether oxygens (including phenoxy) is 1. The average molecular weight is 392 g/mol. The maximum Gasteiger partial charge on any atom is 0.220 e. The summed E-state index contributed by atoms with van der Waals surface area (Å²) in [6.07, 6.45) is 4.00. The van der Waals surface area contributed by atoms with Crippen LogP contribution in [-0.4, -0.2) is 33.5 Å². The Morgan fingerprint density at radius 1 is 1.17 bits per heavy atom. The van der Waals surface area contributed by atoms with Gasteiger partial charge in [0.05, 0.1) is 23.7 Å². The molecule has 0 N–H and O–H groups in total. The molecule has 2 aromatic carbocycles. The Morgan fingerprint density at radius 2 is 2.03 bits per heavy atom. The Bertz CT molecular complexity index is 995. The monoisotopic (exact) mass is 391 g/mol. The first-order valence-electron chi connectivity index (χ1n) is 10.6. The fourth-order valence-electron chi connectivity index (χ4n) is 4.26. The minimum atomic E-state index is 0.0865. The Balaban J connectivity index is 1.45. The Hall–Kier alpha value is -2.82. The number of amides is 1. The van der Waals surface area contributed by atoms with E-state index in [0.717, 1.165) is 61.4 Å². The van der Waals surface area contributed by atoms with Crippen LogP contribution in [0, 0.1) is 6.92 Å². The number of carbonyl (C=O) groups excluding carboxylic acids is 1. The van der Waals surface area contributed by atoms with Crippen molar-refractivity contribution in [3.63, 3.8) is 0 Å². The summed E-state index contributed by atoms with van der Waals surface area (Å²) in [5.41, 5.74) is 3.37. The van der Waals surface area contributed by atoms with Gasteiger partial charge in [-0.25, -0.2) is 4.98 Å². The number of aromatic nitrogens is 2. The van der Waals surface area contributed by atoms with E-state index in [1.165, 1.54) is 5.56 Å². The maximum atomic E-state index is 12.1. The van der Waals surface area contributed by atoms with E-state index >= 15 is 0 Å². The van der Waals surface area contributed by atoms with E-state index in [1.54, 1.807) is 6.92 Å². The summed E-state index contributed by atoms with van der Waals surface area (Å²) in [5, 5.41) is 0. The van der Waals surface area contributed by atoms with Gasteiger partial charge in [0.2, 0.25) is 5.91 Å². The van der Waals surface area contributed by atoms with E-state index in [0.29, 0.717) is 6.61 Å². The summed E-state index contributed by atoms with van der Waals surface area (Å²) in [7, 11) is 0. The number of carbonyl (C=O) groups is 1. The highest BCUT2D eigenvalue weighted by molar-refractivity contribution is 5.77. The van der Waals surface area contributed by atoms with Crippen LogP contribution in [0.2, 0.25) is 0 Å². The maximum absolute atomic E-state index is 12.1. The van der Waals surface area contributed by atoms with Crippen LogP contribution in [0.3, 0.4) is 0 Å². The molecule has 4 rings (SSSR count). The highest BCUT2D eigenvalue weighted by Gasteiger charge is 2.31. The number of fused-ring (bicyclic) bond motifs is 1. The Morgan fingerprint density at radius 3 is 2.86 bits per heavy atom. The molecule has 3 aromatic rings. The van der Waals surface area contributed by atoms with E-state index in [1.807, 2.05) is 23.1 Å². The molecule has 2 heterocycles. The zero-order chi connectivity index (χ0) is 20.2. The van der Waals surface area contributed by atoms with Crippen molar-refractivity contribution in [1.82, 2.24) is 14.5 Å². The number of aryl methyl sites for hydroxylation is 2. The lowest BCUT2D eigenvalue weighted by Gasteiger charge is -2.24. The summed E-state index contributed by atoms with van der Waals surface area (Å²) in [6, 6.07) is 16.5. The smallest absolute Gasteiger partial charge is 0.220 e. The summed E-state index contributed by atoms with van der Waals surface area (Å²) in [4.78, 5) is 19.0. The molecular formula is C24H29N3O2. The number of hydrogen-bond donors (Lipinski definition) is 0. The van der Waals surface area contributed by atoms with E-state index in [9.17, 15) is 4.79 Å². The molecule has 0 unspecified atom stereocenters. The summed E-state index contributed by atoms with van der Waals surface area (Å²) >= 11 is 0. The van der Waals surface area contributed by atoms with Crippen LogP contribution in [0.4, 0.5) is 0 Å². The van der Waals surface area contributed by atoms with E-state index in [4.69, 9.17) is 9.72 Å². The third kappa shape index (κ3) is 4.29. The molecular weight excluding hydrogens is 362 g/mol. The molecule has 1 saturated heterocycles. The number of nitrogens with zero attached hydrogens (tertiary/aromatic N) is 3. The number of hydrogen-bond acceptors (Lipinski definition) is 3. The first-order valence-corrected chi connectivity index (χ1v) is 10.6. The van der Waals surface area contributed by atoms with Gasteiger partial charge in [0.25, 0.3) is 0 Å².